The van der Waals surface area contributed by atoms with Gasteiger partial charge < -0.3 is 5.32 Å². The van der Waals surface area contributed by atoms with E-state index in [9.17, 15) is 18.5 Å². The number of benzene rings is 1. The van der Waals surface area contributed by atoms with Crippen LogP contribution in [0, 0.1) is 10.1 Å². The Labute approximate surface area is 171 Å². The molecule has 5 rings (SSSR count). The maximum absolute atomic E-state index is 13.0. The summed E-state index contributed by atoms with van der Waals surface area (Å²) in [4.78, 5) is 16.0. The molecular weight excluding hydrogens is 394 g/mol. The Bertz CT molecular complexity index is 846. The third-order valence-electron chi connectivity index (χ3n) is 6.29. The van der Waals surface area contributed by atoms with Gasteiger partial charge in [0.25, 0.3) is 5.69 Å². The number of piperazine rings is 3. The number of nitrogens with one attached hydrogen (secondary N) is 1. The van der Waals surface area contributed by atoms with Gasteiger partial charge in [0.2, 0.25) is 10.0 Å². The van der Waals surface area contributed by atoms with E-state index < -0.39 is 14.9 Å². The second-order valence-electron chi connectivity index (χ2n) is 8.13. The van der Waals surface area contributed by atoms with Gasteiger partial charge in [0.1, 0.15) is 5.69 Å². The van der Waals surface area contributed by atoms with Crippen molar-refractivity contribution in [2.45, 2.75) is 36.6 Å². The topological polar surface area (TPSA) is 99.0 Å². The lowest BCUT2D eigenvalue weighted by molar-refractivity contribution is -0.384. The number of fused-ring (bicyclic) bond motifs is 3. The molecule has 0 aliphatic carbocycles. The second-order valence-corrected chi connectivity index (χ2v) is 10.1. The smallest absolute Gasteiger partial charge is 0.293 e. The fourth-order valence-corrected chi connectivity index (χ4v) is 6.09. The standard InChI is InChI=1S/C19H29N5O4S/c25-24(26)19-13-17(29(27,28)23-7-3-1-2-4-8-23)5-6-18(19)20-14-16-15-21-9-11-22(16)12-10-21/h5-6,13,16,20H,1-4,7-12,14-15H2. The van der Waals surface area contributed by atoms with Gasteiger partial charge in [-0.05, 0) is 25.0 Å². The molecule has 0 aromatic heterocycles. The van der Waals surface area contributed by atoms with Crippen molar-refractivity contribution in [3.05, 3.63) is 28.3 Å². The Balaban J connectivity index is 1.51. The van der Waals surface area contributed by atoms with E-state index in [1.54, 1.807) is 6.07 Å². The maximum atomic E-state index is 13.0. The van der Waals surface area contributed by atoms with E-state index in [2.05, 4.69) is 15.1 Å². The fourth-order valence-electron chi connectivity index (χ4n) is 4.55. The third-order valence-corrected chi connectivity index (χ3v) is 8.18. The van der Waals surface area contributed by atoms with Crippen molar-refractivity contribution in [3.8, 4) is 0 Å². The lowest BCUT2D eigenvalue weighted by atomic mass is 10.1. The van der Waals surface area contributed by atoms with Crippen molar-refractivity contribution in [2.24, 2.45) is 0 Å². The summed E-state index contributed by atoms with van der Waals surface area (Å²) in [5.41, 5.74) is 0.194. The molecule has 29 heavy (non-hydrogen) atoms. The van der Waals surface area contributed by atoms with Crippen LogP contribution in [-0.2, 0) is 10.0 Å². The van der Waals surface area contributed by atoms with Crippen LogP contribution in [0.2, 0.25) is 0 Å². The van der Waals surface area contributed by atoms with Gasteiger partial charge >= 0.3 is 0 Å². The Morgan fingerprint density at radius 3 is 2.31 bits per heavy atom. The highest BCUT2D eigenvalue weighted by Crippen LogP contribution is 2.30. The number of anilines is 1. The van der Waals surface area contributed by atoms with Crippen LogP contribution >= 0.6 is 0 Å². The largest absolute Gasteiger partial charge is 0.378 e. The molecule has 4 heterocycles. The van der Waals surface area contributed by atoms with E-state index in [0.29, 0.717) is 31.4 Å². The van der Waals surface area contributed by atoms with Crippen LogP contribution in [0.3, 0.4) is 0 Å². The van der Waals surface area contributed by atoms with E-state index in [1.165, 1.54) is 16.4 Å². The van der Waals surface area contributed by atoms with Gasteiger partial charge in [-0.15, -0.1) is 0 Å². The number of sulfonamides is 1. The van der Waals surface area contributed by atoms with Crippen molar-refractivity contribution in [1.82, 2.24) is 14.1 Å². The molecule has 4 fully saturated rings. The molecule has 2 bridgehead atoms. The molecule has 160 valence electrons. The molecule has 9 nitrogen and oxygen atoms in total. The van der Waals surface area contributed by atoms with Crippen molar-refractivity contribution >= 4 is 21.4 Å². The normalized spacial score (nSPS) is 28.1. The summed E-state index contributed by atoms with van der Waals surface area (Å²) in [7, 11) is -3.71. The van der Waals surface area contributed by atoms with Gasteiger partial charge in [0, 0.05) is 64.5 Å². The first-order valence-corrected chi connectivity index (χ1v) is 11.9. The van der Waals surface area contributed by atoms with Crippen LogP contribution in [0.25, 0.3) is 0 Å². The summed E-state index contributed by atoms with van der Waals surface area (Å²) in [6, 6.07) is 4.56. The van der Waals surface area contributed by atoms with Crippen LogP contribution < -0.4 is 5.32 Å². The highest BCUT2D eigenvalue weighted by atomic mass is 32.2. The lowest BCUT2D eigenvalue weighted by Crippen LogP contribution is -2.62. The summed E-state index contributed by atoms with van der Waals surface area (Å²) >= 11 is 0. The van der Waals surface area contributed by atoms with E-state index in [1.807, 2.05) is 0 Å². The Kier molecular flexibility index (Phi) is 6.05. The molecule has 0 amide bonds. The van der Waals surface area contributed by atoms with Crippen LogP contribution in [0.1, 0.15) is 25.7 Å². The van der Waals surface area contributed by atoms with Crippen LogP contribution in [0.4, 0.5) is 11.4 Å². The molecule has 1 atom stereocenters. The summed E-state index contributed by atoms with van der Waals surface area (Å²) in [5.74, 6) is 0. The summed E-state index contributed by atoms with van der Waals surface area (Å²) < 4.78 is 27.4. The van der Waals surface area contributed by atoms with Crippen molar-refractivity contribution < 1.29 is 13.3 Å². The molecule has 4 saturated heterocycles. The number of hydrogen-bond donors (Lipinski definition) is 1. The molecule has 1 N–H and O–H groups in total. The maximum Gasteiger partial charge on any atom is 0.293 e. The number of nitro groups is 1. The predicted octanol–water partition coefficient (Wildman–Crippen LogP) is 1.57. The third kappa shape index (κ3) is 4.40. The van der Waals surface area contributed by atoms with Crippen molar-refractivity contribution in [2.75, 3.05) is 57.7 Å². The first-order chi connectivity index (χ1) is 13.9. The van der Waals surface area contributed by atoms with E-state index in [-0.39, 0.29) is 10.6 Å². The number of nitro benzene ring substituents is 1. The number of rotatable bonds is 6. The molecule has 0 spiro atoms. The molecule has 4 aliphatic heterocycles. The van der Waals surface area contributed by atoms with Gasteiger partial charge in [-0.2, -0.15) is 4.31 Å². The predicted molar refractivity (Wildman–Crippen MR) is 111 cm³/mol. The van der Waals surface area contributed by atoms with Crippen LogP contribution in [-0.4, -0.2) is 85.8 Å². The second kappa shape index (κ2) is 8.55. The van der Waals surface area contributed by atoms with E-state index in [0.717, 1.165) is 58.4 Å². The van der Waals surface area contributed by atoms with Gasteiger partial charge in [0.15, 0.2) is 0 Å². The SMILES string of the molecule is O=[N+]([O-])c1cc(S(=O)(=O)N2CCCCCC2)ccc1NCC1CN2CCN1CC2. The molecule has 10 heteroatoms. The molecule has 0 radical (unpaired) electrons. The van der Waals surface area contributed by atoms with Crippen LogP contribution in [0.5, 0.6) is 0 Å². The molecule has 1 unspecified atom stereocenters. The van der Waals surface area contributed by atoms with Crippen LogP contribution in [0.15, 0.2) is 23.1 Å². The minimum absolute atomic E-state index is 0.00299. The summed E-state index contributed by atoms with van der Waals surface area (Å²) in [6.45, 7) is 6.74. The van der Waals surface area contributed by atoms with Crippen molar-refractivity contribution in [1.29, 1.82) is 0 Å². The number of hydrogen-bond acceptors (Lipinski definition) is 7. The highest BCUT2D eigenvalue weighted by molar-refractivity contribution is 7.89. The Hall–Kier alpha value is -1.75. The molecule has 4 aliphatic rings. The lowest BCUT2D eigenvalue weighted by Gasteiger charge is -2.47. The van der Waals surface area contributed by atoms with Gasteiger partial charge in [-0.25, -0.2) is 8.42 Å². The van der Waals surface area contributed by atoms with Crippen molar-refractivity contribution in [3.63, 3.8) is 0 Å². The Morgan fingerprint density at radius 2 is 1.72 bits per heavy atom. The minimum atomic E-state index is -3.71. The van der Waals surface area contributed by atoms with E-state index >= 15 is 0 Å². The highest BCUT2D eigenvalue weighted by Gasteiger charge is 2.32. The quantitative estimate of drug-likeness (QED) is 0.548. The zero-order valence-corrected chi connectivity index (χ0v) is 17.4. The fraction of sp³-hybridized carbons (Fsp3) is 0.684. The number of nitrogens with zero attached hydrogens (tertiary/aromatic N) is 4. The molecule has 1 aromatic rings. The minimum Gasteiger partial charge on any atom is -0.378 e. The summed E-state index contributed by atoms with van der Waals surface area (Å²) in [6.07, 6.45) is 3.70. The summed E-state index contributed by atoms with van der Waals surface area (Å²) in [5, 5.41) is 14.8. The van der Waals surface area contributed by atoms with Gasteiger partial charge in [-0.3, -0.25) is 19.9 Å². The average molecular weight is 424 g/mol. The Morgan fingerprint density at radius 1 is 1.03 bits per heavy atom. The molecule has 0 saturated carbocycles. The van der Waals surface area contributed by atoms with Gasteiger partial charge in [-0.1, -0.05) is 12.8 Å². The van der Waals surface area contributed by atoms with Gasteiger partial charge in [0.05, 0.1) is 9.82 Å². The first-order valence-electron chi connectivity index (χ1n) is 10.4. The molecular formula is C19H29N5O4S. The first kappa shape index (κ1) is 20.5. The zero-order chi connectivity index (χ0) is 20.4. The molecule has 1 aromatic carbocycles. The van der Waals surface area contributed by atoms with E-state index in [4.69, 9.17) is 0 Å². The monoisotopic (exact) mass is 423 g/mol. The average Bonchev–Trinajstić information content (AvgIpc) is 3.03. The zero-order valence-electron chi connectivity index (χ0n) is 16.6.